The first-order valence-electron chi connectivity index (χ1n) is 6.36. The van der Waals surface area contributed by atoms with E-state index < -0.39 is 0 Å². The van der Waals surface area contributed by atoms with Gasteiger partial charge < -0.3 is 0 Å². The van der Waals surface area contributed by atoms with Gasteiger partial charge in [-0.05, 0) is 50.0 Å². The summed E-state index contributed by atoms with van der Waals surface area (Å²) in [6.07, 6.45) is 2.39. The van der Waals surface area contributed by atoms with Crippen molar-refractivity contribution in [1.29, 1.82) is 0 Å². The summed E-state index contributed by atoms with van der Waals surface area (Å²) in [4.78, 5) is 2.93. The van der Waals surface area contributed by atoms with Crippen molar-refractivity contribution >= 4 is 31.9 Å². The summed E-state index contributed by atoms with van der Waals surface area (Å²) >= 11 is 7.06. The van der Waals surface area contributed by atoms with E-state index in [1.807, 2.05) is 6.07 Å². The average molecular weight is 379 g/mol. The van der Waals surface area contributed by atoms with Gasteiger partial charge in [0.05, 0.1) is 0 Å². The van der Waals surface area contributed by atoms with E-state index in [1.165, 1.54) is 18.9 Å². The van der Waals surface area contributed by atoms with E-state index in [-0.39, 0.29) is 5.82 Å². The molecule has 1 atom stereocenters. The molecule has 0 spiro atoms. The zero-order valence-corrected chi connectivity index (χ0v) is 13.7. The van der Waals surface area contributed by atoms with Crippen molar-refractivity contribution in [3.8, 4) is 0 Å². The second-order valence-corrected chi connectivity index (χ2v) is 7.39. The molecule has 0 aliphatic carbocycles. The summed E-state index contributed by atoms with van der Waals surface area (Å²) in [7, 11) is 0. The summed E-state index contributed by atoms with van der Waals surface area (Å²) in [5, 5.41) is 0. The van der Waals surface area contributed by atoms with Crippen LogP contribution in [0.1, 0.15) is 25.3 Å². The zero-order chi connectivity index (χ0) is 13.1. The molecule has 0 amide bonds. The Morgan fingerprint density at radius 3 is 2.67 bits per heavy atom. The smallest absolute Gasteiger partial charge is 0.127 e. The minimum absolute atomic E-state index is 0.103. The number of rotatable bonds is 3. The molecule has 1 aromatic rings. The number of hydrogen-bond acceptors (Lipinski definition) is 1. The third-order valence-electron chi connectivity index (χ3n) is 3.68. The third kappa shape index (κ3) is 3.78. The van der Waals surface area contributed by atoms with Crippen molar-refractivity contribution < 1.29 is 4.39 Å². The molecule has 1 unspecified atom stereocenters. The largest absolute Gasteiger partial charge is 0.299 e. The number of piperidine rings is 1. The van der Waals surface area contributed by atoms with Crippen LogP contribution in [0.4, 0.5) is 4.39 Å². The minimum atomic E-state index is -0.103. The Morgan fingerprint density at radius 2 is 2.06 bits per heavy atom. The van der Waals surface area contributed by atoms with E-state index in [0.29, 0.717) is 11.4 Å². The van der Waals surface area contributed by atoms with Gasteiger partial charge in [-0.25, -0.2) is 4.39 Å². The molecule has 1 nitrogen and oxygen atoms in total. The molecule has 0 radical (unpaired) electrons. The fraction of sp³-hybridized carbons (Fsp3) is 0.571. The predicted octanol–water partition coefficient (Wildman–Crippen LogP) is 4.58. The Bertz CT molecular complexity index is 401. The Hall–Kier alpha value is 0.0700. The van der Waals surface area contributed by atoms with E-state index in [4.69, 9.17) is 0 Å². The lowest BCUT2D eigenvalue weighted by Gasteiger charge is -2.33. The normalized spacial score (nSPS) is 20.0. The number of nitrogens with zero attached hydrogens (tertiary/aromatic N) is 1. The molecule has 0 N–H and O–H groups in total. The van der Waals surface area contributed by atoms with Crippen LogP contribution in [0.15, 0.2) is 22.7 Å². The molecule has 1 heterocycles. The van der Waals surface area contributed by atoms with Gasteiger partial charge in [-0.1, -0.05) is 38.8 Å². The van der Waals surface area contributed by atoms with Gasteiger partial charge in [-0.15, -0.1) is 0 Å². The van der Waals surface area contributed by atoms with Crippen molar-refractivity contribution in [2.24, 2.45) is 5.92 Å². The Balaban J connectivity index is 1.93. The topological polar surface area (TPSA) is 3.24 Å². The highest BCUT2D eigenvalue weighted by molar-refractivity contribution is 9.10. The number of benzene rings is 1. The Kier molecular flexibility index (Phi) is 5.22. The second-order valence-electron chi connectivity index (χ2n) is 5.03. The van der Waals surface area contributed by atoms with Crippen molar-refractivity contribution in [3.05, 3.63) is 34.1 Å². The number of halogens is 3. The van der Waals surface area contributed by atoms with E-state index in [2.05, 4.69) is 43.7 Å². The number of likely N-dealkylation sites (tertiary alicyclic amines) is 1. The van der Waals surface area contributed by atoms with Crippen LogP contribution in [0, 0.1) is 11.7 Å². The van der Waals surface area contributed by atoms with Crippen LogP contribution in [-0.4, -0.2) is 22.8 Å². The van der Waals surface area contributed by atoms with Crippen molar-refractivity contribution in [2.75, 3.05) is 13.1 Å². The van der Waals surface area contributed by atoms with Gasteiger partial charge in [-0.2, -0.15) is 0 Å². The molecule has 2 rings (SSSR count). The third-order valence-corrected chi connectivity index (χ3v) is 4.92. The Labute approximate surface area is 125 Å². The highest BCUT2D eigenvalue weighted by Crippen LogP contribution is 2.26. The van der Waals surface area contributed by atoms with Crippen LogP contribution < -0.4 is 0 Å². The van der Waals surface area contributed by atoms with Gasteiger partial charge in [0.1, 0.15) is 5.82 Å². The summed E-state index contributed by atoms with van der Waals surface area (Å²) < 4.78 is 14.6. The number of hydrogen-bond donors (Lipinski definition) is 0. The first-order valence-corrected chi connectivity index (χ1v) is 8.07. The molecule has 1 aromatic carbocycles. The molecule has 18 heavy (non-hydrogen) atoms. The van der Waals surface area contributed by atoms with Gasteiger partial charge in [-0.3, -0.25) is 4.90 Å². The van der Waals surface area contributed by atoms with Crippen molar-refractivity contribution in [1.82, 2.24) is 4.90 Å². The average Bonchev–Trinajstić information content (AvgIpc) is 2.34. The summed E-state index contributed by atoms with van der Waals surface area (Å²) in [6.45, 7) is 5.06. The molecule has 1 aliphatic heterocycles. The molecule has 0 bridgehead atoms. The van der Waals surface area contributed by atoms with E-state index in [1.54, 1.807) is 6.07 Å². The second kappa shape index (κ2) is 6.49. The number of alkyl halides is 1. The van der Waals surface area contributed by atoms with Crippen LogP contribution in [0.3, 0.4) is 0 Å². The monoisotopic (exact) mass is 377 g/mol. The van der Waals surface area contributed by atoms with Crippen LogP contribution in [0.25, 0.3) is 0 Å². The molecule has 4 heteroatoms. The SMILES string of the molecule is CC(Br)C1CCN(Cc2cc(Br)ccc2F)CC1. The summed E-state index contributed by atoms with van der Waals surface area (Å²) in [5.41, 5.74) is 0.787. The lowest BCUT2D eigenvalue weighted by molar-refractivity contribution is 0.176. The maximum absolute atomic E-state index is 13.7. The fourth-order valence-electron chi connectivity index (χ4n) is 2.48. The van der Waals surface area contributed by atoms with Gasteiger partial charge in [0.15, 0.2) is 0 Å². The van der Waals surface area contributed by atoms with Gasteiger partial charge in [0.25, 0.3) is 0 Å². The molecular formula is C14H18Br2FN. The molecule has 0 saturated carbocycles. The quantitative estimate of drug-likeness (QED) is 0.695. The molecule has 0 aromatic heterocycles. The summed E-state index contributed by atoms with van der Waals surface area (Å²) in [6, 6.07) is 5.17. The summed E-state index contributed by atoms with van der Waals surface area (Å²) in [5.74, 6) is 0.655. The first kappa shape index (κ1) is 14.5. The maximum atomic E-state index is 13.7. The van der Waals surface area contributed by atoms with Crippen molar-refractivity contribution in [2.45, 2.75) is 31.1 Å². The lowest BCUT2D eigenvalue weighted by atomic mass is 9.94. The van der Waals surface area contributed by atoms with Crippen LogP contribution in [-0.2, 0) is 6.54 Å². The van der Waals surface area contributed by atoms with E-state index in [0.717, 1.165) is 29.0 Å². The van der Waals surface area contributed by atoms with E-state index in [9.17, 15) is 4.39 Å². The van der Waals surface area contributed by atoms with Gasteiger partial charge >= 0.3 is 0 Å². The highest BCUT2D eigenvalue weighted by Gasteiger charge is 2.22. The van der Waals surface area contributed by atoms with Crippen LogP contribution >= 0.6 is 31.9 Å². The van der Waals surface area contributed by atoms with Crippen LogP contribution in [0.2, 0.25) is 0 Å². The fourth-order valence-corrected chi connectivity index (χ4v) is 3.41. The molecular weight excluding hydrogens is 361 g/mol. The predicted molar refractivity (Wildman–Crippen MR) is 80.5 cm³/mol. The molecule has 1 aliphatic rings. The lowest BCUT2D eigenvalue weighted by Crippen LogP contribution is -2.35. The van der Waals surface area contributed by atoms with Crippen molar-refractivity contribution in [3.63, 3.8) is 0 Å². The first-order chi connectivity index (χ1) is 8.56. The molecule has 1 saturated heterocycles. The minimum Gasteiger partial charge on any atom is -0.299 e. The molecule has 1 fully saturated rings. The maximum Gasteiger partial charge on any atom is 0.127 e. The highest BCUT2D eigenvalue weighted by atomic mass is 79.9. The van der Waals surface area contributed by atoms with Gasteiger partial charge in [0, 0.05) is 21.4 Å². The molecule has 100 valence electrons. The van der Waals surface area contributed by atoms with Crippen LogP contribution in [0.5, 0.6) is 0 Å². The zero-order valence-electron chi connectivity index (χ0n) is 10.5. The van der Waals surface area contributed by atoms with Gasteiger partial charge in [0.2, 0.25) is 0 Å². The van der Waals surface area contributed by atoms with E-state index >= 15 is 0 Å². The Morgan fingerprint density at radius 1 is 1.39 bits per heavy atom. The standard InChI is InChI=1S/C14H18Br2FN/c1-10(15)11-4-6-18(7-5-11)9-12-8-13(16)2-3-14(12)17/h2-3,8,10-11H,4-7,9H2,1H3.